The molecule has 0 radical (unpaired) electrons. The lowest BCUT2D eigenvalue weighted by Crippen LogP contribution is -1.98. The summed E-state index contributed by atoms with van der Waals surface area (Å²) in [5.74, 6) is 0.629. The van der Waals surface area contributed by atoms with E-state index in [4.69, 9.17) is 4.74 Å². The zero-order valence-electron chi connectivity index (χ0n) is 13.1. The van der Waals surface area contributed by atoms with E-state index < -0.39 is 0 Å². The van der Waals surface area contributed by atoms with E-state index in [0.29, 0.717) is 17.9 Å². The number of nitrogens with zero attached hydrogens (tertiary/aromatic N) is 1. The fourth-order valence-electron chi connectivity index (χ4n) is 3.06. The molecule has 114 valence electrons. The van der Waals surface area contributed by atoms with Crippen LogP contribution < -0.4 is 4.74 Å². The maximum absolute atomic E-state index is 9.56. The predicted octanol–water partition coefficient (Wildman–Crippen LogP) is 5.44. The van der Waals surface area contributed by atoms with Gasteiger partial charge < -0.3 is 4.74 Å². The van der Waals surface area contributed by atoms with Crippen LogP contribution in [0.1, 0.15) is 11.1 Å². The van der Waals surface area contributed by atoms with Crippen molar-refractivity contribution < 1.29 is 4.74 Å². The summed E-state index contributed by atoms with van der Waals surface area (Å²) in [5.41, 5.74) is 1.71. The Balaban J connectivity index is 1.71. The molecule has 0 bridgehead atoms. The Morgan fingerprint density at radius 1 is 0.708 bits per heavy atom. The zero-order valence-corrected chi connectivity index (χ0v) is 13.1. The van der Waals surface area contributed by atoms with Gasteiger partial charge in [-0.15, -0.1) is 0 Å². The number of fused-ring (bicyclic) bond motifs is 2. The topological polar surface area (TPSA) is 33.0 Å². The minimum atomic E-state index is 0.439. The SMILES string of the molecule is N#Cc1c(OCc2cccc3ccccc23)ccc2ccccc12. The van der Waals surface area contributed by atoms with Gasteiger partial charge in [-0.25, -0.2) is 0 Å². The van der Waals surface area contributed by atoms with E-state index in [2.05, 4.69) is 30.3 Å². The van der Waals surface area contributed by atoms with E-state index in [1.807, 2.05) is 54.6 Å². The number of hydrogen-bond acceptors (Lipinski definition) is 2. The van der Waals surface area contributed by atoms with E-state index in [9.17, 15) is 5.26 Å². The highest BCUT2D eigenvalue weighted by atomic mass is 16.5. The summed E-state index contributed by atoms with van der Waals surface area (Å²) in [5, 5.41) is 13.9. The number of benzene rings is 4. The van der Waals surface area contributed by atoms with E-state index in [0.717, 1.165) is 16.3 Å². The van der Waals surface area contributed by atoms with Crippen molar-refractivity contribution in [3.8, 4) is 11.8 Å². The van der Waals surface area contributed by atoms with Crippen LogP contribution in [-0.4, -0.2) is 0 Å². The summed E-state index contributed by atoms with van der Waals surface area (Å²) >= 11 is 0. The molecule has 4 aromatic carbocycles. The lowest BCUT2D eigenvalue weighted by molar-refractivity contribution is 0.307. The molecule has 0 spiro atoms. The molecule has 2 heteroatoms. The van der Waals surface area contributed by atoms with Gasteiger partial charge in [0.15, 0.2) is 0 Å². The van der Waals surface area contributed by atoms with Gasteiger partial charge in [0, 0.05) is 5.39 Å². The fraction of sp³-hybridized carbons (Fsp3) is 0.0455. The molecule has 0 saturated heterocycles. The van der Waals surface area contributed by atoms with Crippen LogP contribution >= 0.6 is 0 Å². The monoisotopic (exact) mass is 309 g/mol. The van der Waals surface area contributed by atoms with Gasteiger partial charge in [0.05, 0.1) is 0 Å². The minimum absolute atomic E-state index is 0.439. The number of ether oxygens (including phenoxy) is 1. The summed E-state index contributed by atoms with van der Waals surface area (Å²) < 4.78 is 6.01. The summed E-state index contributed by atoms with van der Waals surface area (Å²) in [4.78, 5) is 0. The van der Waals surface area contributed by atoms with Crippen LogP contribution in [0.2, 0.25) is 0 Å². The van der Waals surface area contributed by atoms with Gasteiger partial charge in [-0.3, -0.25) is 0 Å². The molecule has 0 aliphatic rings. The average Bonchev–Trinajstić information content (AvgIpc) is 2.65. The third kappa shape index (κ3) is 2.47. The van der Waals surface area contributed by atoms with Crippen LogP contribution in [0.4, 0.5) is 0 Å². The van der Waals surface area contributed by atoms with Crippen LogP contribution in [0.3, 0.4) is 0 Å². The molecule has 4 aromatic rings. The molecule has 0 fully saturated rings. The van der Waals surface area contributed by atoms with Crippen molar-refractivity contribution in [3.63, 3.8) is 0 Å². The first-order chi connectivity index (χ1) is 11.9. The first-order valence-electron chi connectivity index (χ1n) is 7.88. The lowest BCUT2D eigenvalue weighted by Gasteiger charge is -2.11. The van der Waals surface area contributed by atoms with Crippen molar-refractivity contribution in [1.82, 2.24) is 0 Å². The second-order valence-electron chi connectivity index (χ2n) is 5.70. The Morgan fingerprint density at radius 2 is 1.38 bits per heavy atom. The largest absolute Gasteiger partial charge is 0.487 e. The maximum Gasteiger partial charge on any atom is 0.138 e. The highest BCUT2D eigenvalue weighted by Gasteiger charge is 2.09. The Kier molecular flexibility index (Phi) is 3.61. The van der Waals surface area contributed by atoms with Crippen LogP contribution in [0.15, 0.2) is 78.9 Å². The number of hydrogen-bond donors (Lipinski definition) is 0. The lowest BCUT2D eigenvalue weighted by atomic mass is 10.0. The highest BCUT2D eigenvalue weighted by Crippen LogP contribution is 2.28. The van der Waals surface area contributed by atoms with E-state index >= 15 is 0 Å². The van der Waals surface area contributed by atoms with Gasteiger partial charge in [0.2, 0.25) is 0 Å². The standard InChI is InChI=1S/C22H15NO/c23-14-21-20-11-4-2-7-17(20)12-13-22(21)24-15-18-9-5-8-16-6-1-3-10-19(16)18/h1-13H,15H2. The Morgan fingerprint density at radius 3 is 2.17 bits per heavy atom. The molecule has 4 rings (SSSR count). The van der Waals surface area contributed by atoms with Gasteiger partial charge in [-0.2, -0.15) is 5.26 Å². The molecule has 0 unspecified atom stereocenters. The number of nitriles is 1. The summed E-state index contributed by atoms with van der Waals surface area (Å²) in [7, 11) is 0. The van der Waals surface area contributed by atoms with Crippen molar-refractivity contribution in [1.29, 1.82) is 5.26 Å². The van der Waals surface area contributed by atoms with Crippen molar-refractivity contribution in [3.05, 3.63) is 90.0 Å². The summed E-state index contributed by atoms with van der Waals surface area (Å²) in [6, 6.07) is 28.5. The predicted molar refractivity (Wildman–Crippen MR) is 96.9 cm³/mol. The van der Waals surface area contributed by atoms with Crippen molar-refractivity contribution in [2.24, 2.45) is 0 Å². The Labute approximate surface area is 140 Å². The smallest absolute Gasteiger partial charge is 0.138 e. The fourth-order valence-corrected chi connectivity index (χ4v) is 3.06. The van der Waals surface area contributed by atoms with E-state index in [1.54, 1.807) is 0 Å². The second kappa shape index (κ2) is 6.06. The molecule has 0 amide bonds. The van der Waals surface area contributed by atoms with Crippen molar-refractivity contribution in [2.45, 2.75) is 6.61 Å². The van der Waals surface area contributed by atoms with Crippen molar-refractivity contribution >= 4 is 21.5 Å². The van der Waals surface area contributed by atoms with Gasteiger partial charge in [0.1, 0.15) is 24.0 Å². The van der Waals surface area contributed by atoms with E-state index in [-0.39, 0.29) is 0 Å². The summed E-state index contributed by atoms with van der Waals surface area (Å²) in [6.45, 7) is 0.439. The van der Waals surface area contributed by atoms with Gasteiger partial charge in [-0.05, 0) is 27.8 Å². The Bertz CT molecular complexity index is 1070. The first-order valence-corrected chi connectivity index (χ1v) is 7.88. The van der Waals surface area contributed by atoms with Crippen LogP contribution in [-0.2, 0) is 6.61 Å². The van der Waals surface area contributed by atoms with Crippen molar-refractivity contribution in [2.75, 3.05) is 0 Å². The molecule has 0 heterocycles. The normalized spacial score (nSPS) is 10.6. The minimum Gasteiger partial charge on any atom is -0.487 e. The zero-order chi connectivity index (χ0) is 16.4. The molecule has 0 aromatic heterocycles. The van der Waals surface area contributed by atoms with Crippen LogP contribution in [0.5, 0.6) is 5.75 Å². The third-order valence-electron chi connectivity index (χ3n) is 4.27. The quantitative estimate of drug-likeness (QED) is 0.504. The number of rotatable bonds is 3. The molecule has 0 aliphatic carbocycles. The third-order valence-corrected chi connectivity index (χ3v) is 4.27. The highest BCUT2D eigenvalue weighted by molar-refractivity contribution is 5.90. The molecule has 2 nitrogen and oxygen atoms in total. The molecule has 0 atom stereocenters. The molecular formula is C22H15NO. The Hall–Kier alpha value is -3.31. The molecule has 24 heavy (non-hydrogen) atoms. The van der Waals surface area contributed by atoms with Crippen LogP contribution in [0.25, 0.3) is 21.5 Å². The summed E-state index contributed by atoms with van der Waals surface area (Å²) in [6.07, 6.45) is 0. The first kappa shape index (κ1) is 14.3. The maximum atomic E-state index is 9.56. The molecular weight excluding hydrogens is 294 g/mol. The second-order valence-corrected chi connectivity index (χ2v) is 5.70. The molecule has 0 aliphatic heterocycles. The van der Waals surface area contributed by atoms with E-state index in [1.165, 1.54) is 10.8 Å². The van der Waals surface area contributed by atoms with Gasteiger partial charge >= 0.3 is 0 Å². The average molecular weight is 309 g/mol. The van der Waals surface area contributed by atoms with Crippen LogP contribution in [0, 0.1) is 11.3 Å². The van der Waals surface area contributed by atoms with Gasteiger partial charge in [0.25, 0.3) is 0 Å². The van der Waals surface area contributed by atoms with Gasteiger partial charge in [-0.1, -0.05) is 72.8 Å². The molecule has 0 saturated carbocycles. The molecule has 0 N–H and O–H groups in total.